The molecule has 0 bridgehead atoms. The average molecular weight is 386 g/mol. The Bertz CT molecular complexity index is 1350. The fourth-order valence-electron chi connectivity index (χ4n) is 3.47. The second kappa shape index (κ2) is 6.93. The van der Waals surface area contributed by atoms with E-state index in [1.807, 2.05) is 37.3 Å². The Balaban J connectivity index is 1.65. The van der Waals surface area contributed by atoms with E-state index in [0.29, 0.717) is 24.3 Å². The summed E-state index contributed by atoms with van der Waals surface area (Å²) in [7, 11) is 0. The van der Waals surface area contributed by atoms with E-state index in [9.17, 15) is 4.79 Å². The lowest BCUT2D eigenvalue weighted by Gasteiger charge is -2.06. The third-order valence-electron chi connectivity index (χ3n) is 4.95. The van der Waals surface area contributed by atoms with Crippen LogP contribution < -0.4 is 5.56 Å². The van der Waals surface area contributed by atoms with Crippen LogP contribution in [0.2, 0.25) is 0 Å². The minimum absolute atomic E-state index is 0.203. The zero-order chi connectivity index (χ0) is 19.8. The van der Waals surface area contributed by atoms with Crippen LogP contribution in [0.3, 0.4) is 0 Å². The van der Waals surface area contributed by atoms with Crippen LogP contribution in [0.1, 0.15) is 18.3 Å². The van der Waals surface area contributed by atoms with Crippen molar-refractivity contribution >= 4 is 16.8 Å². The molecule has 0 atom stereocenters. The van der Waals surface area contributed by atoms with Gasteiger partial charge in [0, 0.05) is 24.9 Å². The normalized spacial score (nSPS) is 11.5. The van der Waals surface area contributed by atoms with Gasteiger partial charge >= 0.3 is 0 Å². The first kappa shape index (κ1) is 17.2. The quantitative estimate of drug-likeness (QED) is 0.495. The van der Waals surface area contributed by atoms with Crippen molar-refractivity contribution in [3.05, 3.63) is 70.9 Å². The molecule has 0 saturated carbocycles. The van der Waals surface area contributed by atoms with Crippen LogP contribution in [-0.4, -0.2) is 39.3 Å². The van der Waals surface area contributed by atoms with Gasteiger partial charge in [-0.15, -0.1) is 10.2 Å². The van der Waals surface area contributed by atoms with E-state index in [2.05, 4.69) is 30.2 Å². The summed E-state index contributed by atoms with van der Waals surface area (Å²) >= 11 is 0. The van der Waals surface area contributed by atoms with Gasteiger partial charge in [0.15, 0.2) is 16.8 Å². The highest BCUT2D eigenvalue weighted by atomic mass is 16.1. The van der Waals surface area contributed by atoms with Crippen LogP contribution >= 0.6 is 0 Å². The number of aromatic amines is 1. The summed E-state index contributed by atoms with van der Waals surface area (Å²) in [5.41, 5.74) is 4.76. The van der Waals surface area contributed by atoms with Gasteiger partial charge in [0.05, 0.1) is 17.6 Å². The molecular formula is C20H18N8O. The van der Waals surface area contributed by atoms with Crippen LogP contribution in [0.4, 0.5) is 0 Å². The van der Waals surface area contributed by atoms with Gasteiger partial charge in [-0.3, -0.25) is 9.36 Å². The minimum atomic E-state index is -0.237. The molecule has 0 spiro atoms. The maximum Gasteiger partial charge on any atom is 0.283 e. The van der Waals surface area contributed by atoms with E-state index in [-0.39, 0.29) is 11.1 Å². The topological polar surface area (TPSA) is 107 Å². The van der Waals surface area contributed by atoms with Gasteiger partial charge in [-0.1, -0.05) is 37.3 Å². The maximum atomic E-state index is 12.9. The first-order valence-corrected chi connectivity index (χ1v) is 9.42. The lowest BCUT2D eigenvalue weighted by atomic mass is 10.0. The summed E-state index contributed by atoms with van der Waals surface area (Å²) in [4.78, 5) is 24.4. The van der Waals surface area contributed by atoms with Crippen LogP contribution in [0.25, 0.3) is 27.9 Å². The van der Waals surface area contributed by atoms with Crippen LogP contribution in [0, 0.1) is 0 Å². The molecule has 0 amide bonds. The first-order chi connectivity index (χ1) is 14.3. The number of rotatable bonds is 5. The molecule has 1 N–H and O–H groups in total. The number of nitrogens with zero attached hydrogens (tertiary/aromatic N) is 7. The Hall–Kier alpha value is -3.88. The molecule has 144 valence electrons. The molecule has 0 unspecified atom stereocenters. The molecule has 9 nitrogen and oxygen atoms in total. The number of aryl methyl sites for hydroxylation is 3. The Kier molecular flexibility index (Phi) is 4.12. The van der Waals surface area contributed by atoms with Gasteiger partial charge in [-0.2, -0.15) is 9.61 Å². The van der Waals surface area contributed by atoms with Gasteiger partial charge in [-0.05, 0) is 12.0 Å². The number of H-pyrrole nitrogens is 1. The molecule has 1 aromatic carbocycles. The maximum absolute atomic E-state index is 12.9. The second-order valence-electron chi connectivity index (χ2n) is 6.72. The van der Waals surface area contributed by atoms with Crippen molar-refractivity contribution in [1.29, 1.82) is 0 Å². The van der Waals surface area contributed by atoms with Gasteiger partial charge < -0.3 is 4.98 Å². The predicted octanol–water partition coefficient (Wildman–Crippen LogP) is 2.03. The number of benzene rings is 1. The van der Waals surface area contributed by atoms with E-state index >= 15 is 0 Å². The summed E-state index contributed by atoms with van der Waals surface area (Å²) in [5, 5.41) is 13.3. The third kappa shape index (κ3) is 2.87. The zero-order valence-corrected chi connectivity index (χ0v) is 15.8. The highest BCUT2D eigenvalue weighted by Gasteiger charge is 2.19. The van der Waals surface area contributed by atoms with Crippen molar-refractivity contribution in [3.63, 3.8) is 0 Å². The number of hydrogen-bond donors (Lipinski definition) is 1. The van der Waals surface area contributed by atoms with Crippen molar-refractivity contribution in [2.45, 2.75) is 26.3 Å². The van der Waals surface area contributed by atoms with E-state index in [0.717, 1.165) is 28.9 Å². The second-order valence-corrected chi connectivity index (χ2v) is 6.72. The van der Waals surface area contributed by atoms with Gasteiger partial charge in [0.1, 0.15) is 6.33 Å². The zero-order valence-electron chi connectivity index (χ0n) is 15.8. The van der Waals surface area contributed by atoms with Gasteiger partial charge in [0.25, 0.3) is 5.56 Å². The highest BCUT2D eigenvalue weighted by Crippen LogP contribution is 2.28. The molecule has 0 radical (unpaired) electrons. The average Bonchev–Trinajstić information content (AvgIpc) is 3.41. The molecule has 5 rings (SSSR count). The van der Waals surface area contributed by atoms with Crippen LogP contribution in [0.5, 0.6) is 0 Å². The monoisotopic (exact) mass is 386 g/mol. The molecule has 9 heteroatoms. The molecule has 0 fully saturated rings. The van der Waals surface area contributed by atoms with Crippen molar-refractivity contribution in [2.75, 3.05) is 0 Å². The number of aromatic nitrogens is 8. The van der Waals surface area contributed by atoms with E-state index in [1.54, 1.807) is 17.0 Å². The van der Waals surface area contributed by atoms with Gasteiger partial charge in [0.2, 0.25) is 0 Å². The summed E-state index contributed by atoms with van der Waals surface area (Å²) in [6.45, 7) is 2.51. The molecule has 0 aliphatic carbocycles. The fraction of sp³-hybridized carbons (Fsp3) is 0.200. The Morgan fingerprint density at radius 2 is 1.97 bits per heavy atom. The molecular weight excluding hydrogens is 368 g/mol. The van der Waals surface area contributed by atoms with Crippen LogP contribution in [0.15, 0.2) is 54.0 Å². The van der Waals surface area contributed by atoms with Gasteiger partial charge in [-0.25, -0.2) is 9.97 Å². The molecule has 0 saturated heterocycles. The smallest absolute Gasteiger partial charge is 0.283 e. The van der Waals surface area contributed by atoms with Crippen molar-refractivity contribution in [3.8, 4) is 11.1 Å². The molecule has 4 heterocycles. The lowest BCUT2D eigenvalue weighted by molar-refractivity contribution is 0.651. The minimum Gasteiger partial charge on any atom is -0.348 e. The summed E-state index contributed by atoms with van der Waals surface area (Å²) in [5.74, 6) is 0. The largest absolute Gasteiger partial charge is 0.348 e. The summed E-state index contributed by atoms with van der Waals surface area (Å²) in [6.07, 6.45) is 6.27. The summed E-state index contributed by atoms with van der Waals surface area (Å²) in [6, 6.07) is 9.95. The Morgan fingerprint density at radius 1 is 1.10 bits per heavy atom. The summed E-state index contributed by atoms with van der Waals surface area (Å²) < 4.78 is 3.16. The number of hydrogen-bond acceptors (Lipinski definition) is 6. The first-order valence-electron chi connectivity index (χ1n) is 9.42. The Labute approximate surface area is 165 Å². The van der Waals surface area contributed by atoms with Crippen molar-refractivity contribution < 1.29 is 0 Å². The fourth-order valence-corrected chi connectivity index (χ4v) is 3.47. The molecule has 4 aromatic heterocycles. The highest BCUT2D eigenvalue weighted by molar-refractivity contribution is 5.83. The van der Waals surface area contributed by atoms with E-state index < -0.39 is 0 Å². The lowest BCUT2D eigenvalue weighted by Crippen LogP contribution is -2.24. The molecule has 0 aliphatic rings. The van der Waals surface area contributed by atoms with Crippen LogP contribution in [-0.2, 0) is 19.4 Å². The predicted molar refractivity (Wildman–Crippen MR) is 107 cm³/mol. The van der Waals surface area contributed by atoms with Crippen molar-refractivity contribution in [1.82, 2.24) is 39.3 Å². The standard InChI is InChI=1S/C20H18N8O/c1-2-15-16(13-6-4-3-5-7-13)18-25-24-17-19(28(18)26-15)23-12-27(20(17)29)9-8-14-10-21-11-22-14/h3-7,10-12H,2,8-9H2,1H3,(H,21,22). The number of nitrogens with one attached hydrogen (secondary N) is 1. The number of fused-ring (bicyclic) bond motifs is 3. The van der Waals surface area contributed by atoms with E-state index in [1.165, 1.54) is 10.9 Å². The third-order valence-corrected chi connectivity index (χ3v) is 4.95. The SMILES string of the molecule is CCc1nn2c(nnc3c(=O)n(CCc4cnc[nH]4)cnc32)c1-c1ccccc1. The Morgan fingerprint density at radius 3 is 2.72 bits per heavy atom. The molecule has 29 heavy (non-hydrogen) atoms. The molecule has 5 aromatic rings. The van der Waals surface area contributed by atoms with E-state index in [4.69, 9.17) is 0 Å². The van der Waals surface area contributed by atoms with Crippen molar-refractivity contribution in [2.24, 2.45) is 0 Å². The number of imidazole rings is 1. The molecule has 0 aliphatic heterocycles.